The number of nitrogens with zero attached hydrogens (tertiary/aromatic N) is 3. The molecular formula is C12H20N4O. The second kappa shape index (κ2) is 5.31. The fraction of sp³-hybridized carbons (Fsp3) is 0.667. The molecule has 1 aliphatic rings. The SMILES string of the molecule is CN(C)C(=O)CCn1cncc1CNC1CC1. The van der Waals surface area contributed by atoms with E-state index in [1.54, 1.807) is 25.3 Å². The van der Waals surface area contributed by atoms with Crippen LogP contribution in [0.2, 0.25) is 0 Å². The summed E-state index contributed by atoms with van der Waals surface area (Å²) in [6.07, 6.45) is 6.77. The summed E-state index contributed by atoms with van der Waals surface area (Å²) in [7, 11) is 3.57. The topological polar surface area (TPSA) is 50.2 Å². The van der Waals surface area contributed by atoms with Crippen LogP contribution in [0, 0.1) is 0 Å². The molecule has 0 bridgehead atoms. The molecule has 0 unspecified atom stereocenters. The van der Waals surface area contributed by atoms with Gasteiger partial charge in [0.15, 0.2) is 0 Å². The van der Waals surface area contributed by atoms with E-state index < -0.39 is 0 Å². The van der Waals surface area contributed by atoms with Gasteiger partial charge in [0.05, 0.1) is 12.0 Å². The van der Waals surface area contributed by atoms with Crippen molar-refractivity contribution in [3.8, 4) is 0 Å². The normalized spacial score (nSPS) is 14.9. The van der Waals surface area contributed by atoms with Gasteiger partial charge >= 0.3 is 0 Å². The number of imidazole rings is 1. The highest BCUT2D eigenvalue weighted by Crippen LogP contribution is 2.19. The standard InChI is InChI=1S/C12H20N4O/c1-15(2)12(17)5-6-16-9-13-7-11(16)8-14-10-3-4-10/h7,9-10,14H,3-6,8H2,1-2H3. The van der Waals surface area contributed by atoms with E-state index in [9.17, 15) is 4.79 Å². The van der Waals surface area contributed by atoms with E-state index in [4.69, 9.17) is 0 Å². The molecule has 2 rings (SSSR count). The summed E-state index contributed by atoms with van der Waals surface area (Å²) in [5, 5.41) is 3.45. The molecule has 1 amide bonds. The minimum atomic E-state index is 0.153. The second-order valence-electron chi connectivity index (χ2n) is 4.77. The molecule has 17 heavy (non-hydrogen) atoms. The largest absolute Gasteiger partial charge is 0.349 e. The predicted molar refractivity (Wildman–Crippen MR) is 65.4 cm³/mol. The Kier molecular flexibility index (Phi) is 3.78. The van der Waals surface area contributed by atoms with Crippen LogP contribution in [0.3, 0.4) is 0 Å². The first kappa shape index (κ1) is 12.1. The number of aromatic nitrogens is 2. The van der Waals surface area contributed by atoms with Crippen LogP contribution in [0.25, 0.3) is 0 Å². The van der Waals surface area contributed by atoms with Crippen LogP contribution in [0.5, 0.6) is 0 Å². The monoisotopic (exact) mass is 236 g/mol. The van der Waals surface area contributed by atoms with E-state index in [2.05, 4.69) is 14.9 Å². The van der Waals surface area contributed by atoms with Crippen molar-refractivity contribution in [3.05, 3.63) is 18.2 Å². The smallest absolute Gasteiger partial charge is 0.223 e. The van der Waals surface area contributed by atoms with E-state index in [-0.39, 0.29) is 5.91 Å². The lowest BCUT2D eigenvalue weighted by atomic mass is 10.3. The Morgan fingerprint density at radius 1 is 1.59 bits per heavy atom. The fourth-order valence-corrected chi connectivity index (χ4v) is 1.67. The molecule has 1 heterocycles. The first-order valence-corrected chi connectivity index (χ1v) is 6.09. The van der Waals surface area contributed by atoms with Gasteiger partial charge in [-0.15, -0.1) is 0 Å². The van der Waals surface area contributed by atoms with Gasteiger partial charge in [-0.3, -0.25) is 4.79 Å². The van der Waals surface area contributed by atoms with Crippen LogP contribution in [0.1, 0.15) is 25.0 Å². The highest BCUT2D eigenvalue weighted by atomic mass is 16.2. The van der Waals surface area contributed by atoms with Gasteiger partial charge in [-0.25, -0.2) is 4.98 Å². The molecule has 5 heteroatoms. The highest BCUT2D eigenvalue weighted by molar-refractivity contribution is 5.75. The minimum absolute atomic E-state index is 0.153. The number of carbonyl (C=O) groups excluding carboxylic acids is 1. The maximum absolute atomic E-state index is 11.5. The zero-order chi connectivity index (χ0) is 12.3. The lowest BCUT2D eigenvalue weighted by Gasteiger charge is -2.12. The Morgan fingerprint density at radius 3 is 3.00 bits per heavy atom. The second-order valence-corrected chi connectivity index (χ2v) is 4.77. The molecule has 1 aromatic rings. The number of rotatable bonds is 6. The van der Waals surface area contributed by atoms with E-state index in [0.717, 1.165) is 12.2 Å². The van der Waals surface area contributed by atoms with Crippen LogP contribution in [-0.4, -0.2) is 40.5 Å². The summed E-state index contributed by atoms with van der Waals surface area (Å²) in [5.41, 5.74) is 1.16. The molecule has 0 spiro atoms. The Bertz CT molecular complexity index is 382. The molecule has 1 fully saturated rings. The summed E-state index contributed by atoms with van der Waals surface area (Å²) >= 11 is 0. The van der Waals surface area contributed by atoms with Gasteiger partial charge in [0.25, 0.3) is 0 Å². The van der Waals surface area contributed by atoms with Crippen LogP contribution in [0.4, 0.5) is 0 Å². The van der Waals surface area contributed by atoms with Crippen molar-refractivity contribution in [1.29, 1.82) is 0 Å². The Labute approximate surface area is 102 Å². The van der Waals surface area contributed by atoms with Crippen molar-refractivity contribution in [2.24, 2.45) is 0 Å². The third kappa shape index (κ3) is 3.56. The quantitative estimate of drug-likeness (QED) is 0.787. The van der Waals surface area contributed by atoms with E-state index >= 15 is 0 Å². The van der Waals surface area contributed by atoms with Crippen molar-refractivity contribution in [2.45, 2.75) is 38.4 Å². The third-order valence-corrected chi connectivity index (χ3v) is 3.01. The molecular weight excluding hydrogens is 216 g/mol. The Morgan fingerprint density at radius 2 is 2.35 bits per heavy atom. The van der Waals surface area contributed by atoms with Gasteiger partial charge < -0.3 is 14.8 Å². The van der Waals surface area contributed by atoms with Crippen molar-refractivity contribution in [3.63, 3.8) is 0 Å². The van der Waals surface area contributed by atoms with E-state index in [1.165, 1.54) is 12.8 Å². The van der Waals surface area contributed by atoms with Crippen molar-refractivity contribution in [2.75, 3.05) is 14.1 Å². The first-order chi connectivity index (χ1) is 8.16. The number of carbonyl (C=O) groups is 1. The van der Waals surface area contributed by atoms with Gasteiger partial charge in [0.2, 0.25) is 5.91 Å². The molecule has 0 saturated heterocycles. The van der Waals surface area contributed by atoms with Gasteiger partial charge in [-0.1, -0.05) is 0 Å². The number of amides is 1. The zero-order valence-electron chi connectivity index (χ0n) is 10.5. The molecule has 1 aliphatic carbocycles. The van der Waals surface area contributed by atoms with Crippen LogP contribution < -0.4 is 5.32 Å². The highest BCUT2D eigenvalue weighted by Gasteiger charge is 2.20. The number of hydrogen-bond acceptors (Lipinski definition) is 3. The lowest BCUT2D eigenvalue weighted by molar-refractivity contribution is -0.128. The molecule has 94 valence electrons. The van der Waals surface area contributed by atoms with Crippen molar-refractivity contribution < 1.29 is 4.79 Å². The van der Waals surface area contributed by atoms with Crippen molar-refractivity contribution >= 4 is 5.91 Å². The Hall–Kier alpha value is -1.36. The summed E-state index contributed by atoms with van der Waals surface area (Å²) < 4.78 is 2.05. The molecule has 0 atom stereocenters. The summed E-state index contributed by atoms with van der Waals surface area (Å²) in [4.78, 5) is 17.3. The predicted octanol–water partition coefficient (Wildman–Crippen LogP) is 0.613. The van der Waals surface area contributed by atoms with Crippen LogP contribution in [-0.2, 0) is 17.9 Å². The molecule has 0 aliphatic heterocycles. The number of aryl methyl sites for hydroxylation is 1. The van der Waals surface area contributed by atoms with Gasteiger partial charge in [0, 0.05) is 45.8 Å². The molecule has 1 saturated carbocycles. The van der Waals surface area contributed by atoms with Crippen LogP contribution >= 0.6 is 0 Å². The van der Waals surface area contributed by atoms with Gasteiger partial charge in [-0.2, -0.15) is 0 Å². The summed E-state index contributed by atoms with van der Waals surface area (Å²) in [5.74, 6) is 0.153. The Balaban J connectivity index is 1.82. The summed E-state index contributed by atoms with van der Waals surface area (Å²) in [6.45, 7) is 1.56. The number of hydrogen-bond donors (Lipinski definition) is 1. The van der Waals surface area contributed by atoms with E-state index in [1.807, 2.05) is 6.20 Å². The maximum Gasteiger partial charge on any atom is 0.223 e. The number of nitrogens with one attached hydrogen (secondary N) is 1. The fourth-order valence-electron chi connectivity index (χ4n) is 1.67. The third-order valence-electron chi connectivity index (χ3n) is 3.01. The van der Waals surface area contributed by atoms with Gasteiger partial charge in [0.1, 0.15) is 0 Å². The average Bonchev–Trinajstić information content (AvgIpc) is 3.02. The molecule has 5 nitrogen and oxygen atoms in total. The van der Waals surface area contributed by atoms with E-state index in [0.29, 0.717) is 19.0 Å². The maximum atomic E-state index is 11.5. The zero-order valence-corrected chi connectivity index (χ0v) is 10.5. The molecule has 1 N–H and O–H groups in total. The summed E-state index contributed by atoms with van der Waals surface area (Å²) in [6, 6.07) is 0.696. The molecule has 0 aromatic carbocycles. The van der Waals surface area contributed by atoms with Crippen LogP contribution in [0.15, 0.2) is 12.5 Å². The average molecular weight is 236 g/mol. The first-order valence-electron chi connectivity index (χ1n) is 6.09. The molecule has 1 aromatic heterocycles. The minimum Gasteiger partial charge on any atom is -0.349 e. The van der Waals surface area contributed by atoms with Crippen molar-refractivity contribution in [1.82, 2.24) is 19.8 Å². The molecule has 0 radical (unpaired) electrons. The lowest BCUT2D eigenvalue weighted by Crippen LogP contribution is -2.24. The van der Waals surface area contributed by atoms with Gasteiger partial charge in [-0.05, 0) is 12.8 Å².